The first-order valence-corrected chi connectivity index (χ1v) is 12.6. The fourth-order valence-electron chi connectivity index (χ4n) is 6.05. The lowest BCUT2D eigenvalue weighted by molar-refractivity contribution is -0.180. The van der Waals surface area contributed by atoms with Crippen LogP contribution in [0.4, 0.5) is 0 Å². The normalized spacial score (nSPS) is 26.3. The maximum Gasteiger partial charge on any atom is 0.309 e. The highest BCUT2D eigenvalue weighted by atomic mass is 16.5. The molecule has 0 aliphatic heterocycles. The Bertz CT molecular complexity index is 1210. The molecule has 37 heavy (non-hydrogen) atoms. The predicted molar refractivity (Wildman–Crippen MR) is 142 cm³/mol. The highest BCUT2D eigenvalue weighted by Crippen LogP contribution is 2.66. The average Bonchev–Trinajstić information content (AvgIpc) is 2.86. The third kappa shape index (κ3) is 4.30. The second-order valence-corrected chi connectivity index (χ2v) is 11.2. The van der Waals surface area contributed by atoms with Crippen LogP contribution < -0.4 is 0 Å². The summed E-state index contributed by atoms with van der Waals surface area (Å²) in [5.41, 5.74) is -2.02. The fourth-order valence-corrected chi connectivity index (χ4v) is 6.05. The summed E-state index contributed by atoms with van der Waals surface area (Å²) in [5.74, 6) is -2.58. The van der Waals surface area contributed by atoms with Crippen LogP contribution in [0.2, 0.25) is 0 Å². The van der Waals surface area contributed by atoms with Crippen molar-refractivity contribution in [1.29, 1.82) is 0 Å². The molecular formula is C31H38O6. The van der Waals surface area contributed by atoms with Crippen LogP contribution in [-0.2, 0) is 23.9 Å². The quantitative estimate of drug-likeness (QED) is 0.145. The average molecular weight is 507 g/mol. The van der Waals surface area contributed by atoms with Crippen molar-refractivity contribution in [3.63, 3.8) is 0 Å². The lowest BCUT2D eigenvalue weighted by atomic mass is 9.40. The number of ether oxygens (including phenoxy) is 2. The Morgan fingerprint density at radius 1 is 0.946 bits per heavy atom. The van der Waals surface area contributed by atoms with Gasteiger partial charge in [-0.25, -0.2) is 0 Å². The molecule has 1 fully saturated rings. The first kappa shape index (κ1) is 28.3. The number of hydrogen-bond donors (Lipinski definition) is 0. The van der Waals surface area contributed by atoms with E-state index < -0.39 is 39.7 Å². The molecule has 6 nitrogen and oxygen atoms in total. The molecule has 1 saturated carbocycles. The molecule has 0 N–H and O–H groups in total. The Morgan fingerprint density at radius 2 is 1.51 bits per heavy atom. The van der Waals surface area contributed by atoms with Crippen LogP contribution in [0, 0.1) is 22.2 Å². The molecule has 3 atom stereocenters. The summed E-state index contributed by atoms with van der Waals surface area (Å²) < 4.78 is 11.0. The van der Waals surface area contributed by atoms with E-state index in [4.69, 9.17) is 9.47 Å². The zero-order valence-corrected chi connectivity index (χ0v) is 23.2. The van der Waals surface area contributed by atoms with Gasteiger partial charge in [-0.3, -0.25) is 19.2 Å². The second-order valence-electron chi connectivity index (χ2n) is 11.2. The van der Waals surface area contributed by atoms with E-state index in [1.54, 1.807) is 44.2 Å². The van der Waals surface area contributed by atoms with Crippen LogP contribution in [-0.4, -0.2) is 37.5 Å². The van der Waals surface area contributed by atoms with Crippen LogP contribution in [0.1, 0.15) is 71.2 Å². The smallest absolute Gasteiger partial charge is 0.309 e. The van der Waals surface area contributed by atoms with E-state index in [0.717, 1.165) is 11.1 Å². The van der Waals surface area contributed by atoms with Gasteiger partial charge in [-0.1, -0.05) is 67.5 Å². The molecule has 0 unspecified atom stereocenters. The van der Waals surface area contributed by atoms with Gasteiger partial charge in [0.05, 0.1) is 25.6 Å². The fraction of sp³-hybridized carbons (Fsp3) is 0.484. The number of benzene rings is 1. The minimum Gasteiger partial charge on any atom is -0.499 e. The molecule has 0 heterocycles. The summed E-state index contributed by atoms with van der Waals surface area (Å²) >= 11 is 0. The molecule has 0 saturated heterocycles. The van der Waals surface area contributed by atoms with Crippen molar-refractivity contribution in [2.75, 3.05) is 14.2 Å². The number of Topliss-reactive ketones (excluding diaryl/α,β-unsaturated/α-hetero) is 3. The first-order chi connectivity index (χ1) is 17.3. The first-order valence-electron chi connectivity index (χ1n) is 12.6. The van der Waals surface area contributed by atoms with Crippen LogP contribution in [0.5, 0.6) is 0 Å². The van der Waals surface area contributed by atoms with E-state index in [-0.39, 0.29) is 36.4 Å². The maximum absolute atomic E-state index is 14.8. The molecule has 1 aromatic carbocycles. The standard InChI is InChI=1S/C31H38O6/c1-19(2)14-16-30-18-22(27(34)37-8)29(5,6)31(28(30)35,17-15-20(3)4)25(33)23(26(30)36-7)24(32)21-12-10-9-11-13-21/h9-15,22H,16-18H2,1-8H3/t22-,30-,31-/m1/s1. The third-order valence-corrected chi connectivity index (χ3v) is 8.25. The zero-order chi connectivity index (χ0) is 27.8. The third-order valence-electron chi connectivity index (χ3n) is 8.25. The Hall–Kier alpha value is -3.28. The number of ketones is 3. The number of esters is 1. The van der Waals surface area contributed by atoms with Crippen molar-refractivity contribution < 1.29 is 28.7 Å². The van der Waals surface area contributed by atoms with Crippen molar-refractivity contribution in [3.8, 4) is 0 Å². The summed E-state index contributed by atoms with van der Waals surface area (Å²) in [4.78, 5) is 56.6. The number of carbonyl (C=O) groups excluding carboxylic acids is 4. The second kappa shape index (κ2) is 10.2. The van der Waals surface area contributed by atoms with Gasteiger partial charge in [0, 0.05) is 5.56 Å². The Balaban J connectivity index is 2.50. The van der Waals surface area contributed by atoms with E-state index in [0.29, 0.717) is 5.56 Å². The molecule has 0 amide bonds. The van der Waals surface area contributed by atoms with E-state index in [1.807, 2.05) is 39.8 Å². The molecular weight excluding hydrogens is 468 g/mol. The van der Waals surface area contributed by atoms with Crippen LogP contribution >= 0.6 is 0 Å². The van der Waals surface area contributed by atoms with Gasteiger partial charge in [-0.2, -0.15) is 0 Å². The number of fused-ring (bicyclic) bond motifs is 2. The number of allylic oxidation sites excluding steroid dienone is 6. The number of carbonyl (C=O) groups is 4. The Labute approximate surface area is 219 Å². The number of rotatable bonds is 8. The lowest BCUT2D eigenvalue weighted by Crippen LogP contribution is -2.68. The van der Waals surface area contributed by atoms with Gasteiger partial charge in [0.15, 0.2) is 17.3 Å². The minimum atomic E-state index is -1.65. The van der Waals surface area contributed by atoms with Gasteiger partial charge >= 0.3 is 5.97 Å². The van der Waals surface area contributed by atoms with Gasteiger partial charge < -0.3 is 9.47 Å². The Kier molecular flexibility index (Phi) is 7.83. The van der Waals surface area contributed by atoms with Crippen molar-refractivity contribution in [2.45, 2.75) is 60.8 Å². The monoisotopic (exact) mass is 506 g/mol. The molecule has 6 heteroatoms. The molecule has 3 rings (SSSR count). The topological polar surface area (TPSA) is 86.7 Å². The van der Waals surface area contributed by atoms with Crippen LogP contribution in [0.25, 0.3) is 0 Å². The molecule has 2 aliphatic rings. The van der Waals surface area contributed by atoms with Gasteiger partial charge in [-0.05, 0) is 52.4 Å². The highest BCUT2D eigenvalue weighted by Gasteiger charge is 2.74. The molecule has 0 radical (unpaired) electrons. The predicted octanol–water partition coefficient (Wildman–Crippen LogP) is 5.83. The Morgan fingerprint density at radius 3 is 2.03 bits per heavy atom. The summed E-state index contributed by atoms with van der Waals surface area (Å²) in [7, 11) is 2.70. The maximum atomic E-state index is 14.8. The van der Waals surface area contributed by atoms with Crippen molar-refractivity contribution in [2.24, 2.45) is 22.2 Å². The van der Waals surface area contributed by atoms with E-state index in [1.165, 1.54) is 14.2 Å². The molecule has 2 bridgehead atoms. The number of hydrogen-bond acceptors (Lipinski definition) is 6. The molecule has 0 aromatic heterocycles. The van der Waals surface area contributed by atoms with E-state index in [2.05, 4.69) is 0 Å². The van der Waals surface area contributed by atoms with Gasteiger partial charge in [0.2, 0.25) is 0 Å². The largest absolute Gasteiger partial charge is 0.499 e. The van der Waals surface area contributed by atoms with Gasteiger partial charge in [-0.15, -0.1) is 0 Å². The molecule has 0 spiro atoms. The van der Waals surface area contributed by atoms with Crippen LogP contribution in [0.15, 0.2) is 65.0 Å². The van der Waals surface area contributed by atoms with E-state index >= 15 is 0 Å². The van der Waals surface area contributed by atoms with Crippen LogP contribution in [0.3, 0.4) is 0 Å². The molecule has 1 aromatic rings. The zero-order valence-electron chi connectivity index (χ0n) is 23.2. The van der Waals surface area contributed by atoms with Crippen molar-refractivity contribution >= 4 is 23.3 Å². The van der Waals surface area contributed by atoms with Gasteiger partial charge in [0.25, 0.3) is 0 Å². The summed E-state index contributed by atoms with van der Waals surface area (Å²) in [5, 5.41) is 0. The SMILES string of the molecule is COC(=O)[C@H]1C[C@@]2(CC=C(C)C)C(=O)[C@@](CC=C(C)C)(C(=O)C(C(=O)c3ccccc3)=C2OC)C1(C)C. The van der Waals surface area contributed by atoms with Crippen molar-refractivity contribution in [1.82, 2.24) is 0 Å². The summed E-state index contributed by atoms with van der Waals surface area (Å²) in [6.45, 7) is 11.2. The number of methoxy groups -OCH3 is 2. The minimum absolute atomic E-state index is 0.0473. The summed E-state index contributed by atoms with van der Waals surface area (Å²) in [6, 6.07) is 8.55. The molecule has 2 aliphatic carbocycles. The van der Waals surface area contributed by atoms with Gasteiger partial charge in [0.1, 0.15) is 16.7 Å². The van der Waals surface area contributed by atoms with Crippen molar-refractivity contribution in [3.05, 3.63) is 70.5 Å². The lowest BCUT2D eigenvalue weighted by Gasteiger charge is -2.59. The van der Waals surface area contributed by atoms with E-state index in [9.17, 15) is 19.2 Å². The highest BCUT2D eigenvalue weighted by molar-refractivity contribution is 6.35. The summed E-state index contributed by atoms with van der Waals surface area (Å²) in [6.07, 6.45) is 4.12. The molecule has 198 valence electrons.